The number of amides is 2. The smallest absolute Gasteiger partial charge is 0.255 e. The molecule has 2 amide bonds. The van der Waals surface area contributed by atoms with Gasteiger partial charge in [0.2, 0.25) is 5.91 Å². The maximum Gasteiger partial charge on any atom is 0.255 e. The number of nitrogens with one attached hydrogen (secondary N) is 1. The first-order valence-corrected chi connectivity index (χ1v) is 9.93. The van der Waals surface area contributed by atoms with Gasteiger partial charge in [0.05, 0.1) is 6.54 Å². The summed E-state index contributed by atoms with van der Waals surface area (Å²) in [7, 11) is 0. The van der Waals surface area contributed by atoms with Crippen molar-refractivity contribution < 1.29 is 14.0 Å². The molecule has 2 aliphatic rings. The van der Waals surface area contributed by atoms with Crippen molar-refractivity contribution in [2.75, 3.05) is 5.32 Å². The third-order valence-electron chi connectivity index (χ3n) is 5.81. The van der Waals surface area contributed by atoms with Gasteiger partial charge in [-0.25, -0.2) is 9.37 Å². The molecule has 5 nitrogen and oxygen atoms in total. The Morgan fingerprint density at radius 1 is 1.18 bits per heavy atom. The Labute approximate surface area is 164 Å². The summed E-state index contributed by atoms with van der Waals surface area (Å²) in [4.78, 5) is 31.7. The molecule has 1 aliphatic heterocycles. The van der Waals surface area contributed by atoms with E-state index in [9.17, 15) is 14.0 Å². The van der Waals surface area contributed by atoms with Gasteiger partial charge in [-0.1, -0.05) is 44.2 Å². The Kier molecular flexibility index (Phi) is 5.37. The normalized spacial score (nSPS) is 18.0. The quantitative estimate of drug-likeness (QED) is 0.846. The van der Waals surface area contributed by atoms with E-state index >= 15 is 0 Å². The number of pyridine rings is 1. The molecule has 1 N–H and O–H groups in total. The van der Waals surface area contributed by atoms with Crippen molar-refractivity contribution in [3.05, 3.63) is 59.5 Å². The van der Waals surface area contributed by atoms with E-state index in [4.69, 9.17) is 0 Å². The first-order chi connectivity index (χ1) is 13.6. The van der Waals surface area contributed by atoms with E-state index in [0.29, 0.717) is 29.3 Å². The standard InChI is InChI=1S/C22H24FN3O2/c23-18-10-6-9-16-17(18)14-26(22(16)28)19(13-15-7-2-1-3-8-15)21(27)25-20-11-4-5-12-24-20/h4-6,9-12,15,19H,1-3,7-8,13-14H2,(H,24,25,27). The van der Waals surface area contributed by atoms with Crippen LogP contribution in [0.5, 0.6) is 0 Å². The summed E-state index contributed by atoms with van der Waals surface area (Å²) >= 11 is 0. The maximum atomic E-state index is 14.2. The highest BCUT2D eigenvalue weighted by atomic mass is 19.1. The largest absolute Gasteiger partial charge is 0.322 e. The van der Waals surface area contributed by atoms with E-state index in [2.05, 4.69) is 10.3 Å². The minimum atomic E-state index is -0.635. The van der Waals surface area contributed by atoms with Crippen molar-refractivity contribution >= 4 is 17.6 Å². The Morgan fingerprint density at radius 2 is 2.00 bits per heavy atom. The van der Waals surface area contributed by atoms with Crippen LogP contribution in [0.25, 0.3) is 0 Å². The van der Waals surface area contributed by atoms with Crippen molar-refractivity contribution in [3.63, 3.8) is 0 Å². The Hall–Kier alpha value is -2.76. The van der Waals surface area contributed by atoms with Crippen molar-refractivity contribution in [1.29, 1.82) is 0 Å². The molecular formula is C22H24FN3O2. The van der Waals surface area contributed by atoms with E-state index in [1.165, 1.54) is 17.4 Å². The lowest BCUT2D eigenvalue weighted by molar-refractivity contribution is -0.121. The Morgan fingerprint density at radius 3 is 2.71 bits per heavy atom. The molecular weight excluding hydrogens is 357 g/mol. The van der Waals surface area contributed by atoms with Crippen LogP contribution in [-0.4, -0.2) is 27.7 Å². The third-order valence-corrected chi connectivity index (χ3v) is 5.81. The molecule has 0 bridgehead atoms. The van der Waals surface area contributed by atoms with Crippen LogP contribution in [0.3, 0.4) is 0 Å². The van der Waals surface area contributed by atoms with Crippen LogP contribution in [-0.2, 0) is 11.3 Å². The fraction of sp³-hybridized carbons (Fsp3) is 0.409. The SMILES string of the molecule is O=C(Nc1ccccn1)C(CC1CCCCC1)N1Cc2c(F)cccc2C1=O. The minimum Gasteiger partial charge on any atom is -0.322 e. The number of fused-ring (bicyclic) bond motifs is 1. The molecule has 1 aromatic heterocycles. The number of hydrogen-bond acceptors (Lipinski definition) is 3. The van der Waals surface area contributed by atoms with Crippen molar-refractivity contribution in [2.24, 2.45) is 5.92 Å². The summed E-state index contributed by atoms with van der Waals surface area (Å²) < 4.78 is 14.2. The summed E-state index contributed by atoms with van der Waals surface area (Å²) in [5.74, 6) is -0.0710. The van der Waals surface area contributed by atoms with E-state index in [1.807, 2.05) is 0 Å². The van der Waals surface area contributed by atoms with E-state index in [1.54, 1.807) is 36.5 Å². The summed E-state index contributed by atoms with van der Waals surface area (Å²) in [5.41, 5.74) is 0.742. The summed E-state index contributed by atoms with van der Waals surface area (Å²) in [5, 5.41) is 2.83. The molecule has 28 heavy (non-hydrogen) atoms. The fourth-order valence-electron chi connectivity index (χ4n) is 4.33. The van der Waals surface area contributed by atoms with Gasteiger partial charge in [-0.2, -0.15) is 0 Å². The predicted octanol–water partition coefficient (Wildman–Crippen LogP) is 4.15. The molecule has 146 valence electrons. The summed E-state index contributed by atoms with van der Waals surface area (Å²) in [6.45, 7) is 0.133. The highest BCUT2D eigenvalue weighted by molar-refractivity contribution is 6.03. The van der Waals surface area contributed by atoms with Gasteiger partial charge in [0.1, 0.15) is 17.7 Å². The molecule has 1 saturated carbocycles. The highest BCUT2D eigenvalue weighted by Gasteiger charge is 2.39. The summed E-state index contributed by atoms with van der Waals surface area (Å²) in [6, 6.07) is 9.19. The second-order valence-electron chi connectivity index (χ2n) is 7.66. The Balaban J connectivity index is 1.58. The topological polar surface area (TPSA) is 62.3 Å². The number of rotatable bonds is 5. The van der Waals surface area contributed by atoms with E-state index in [-0.39, 0.29) is 18.4 Å². The second-order valence-corrected chi connectivity index (χ2v) is 7.66. The average molecular weight is 381 g/mol. The molecule has 1 atom stereocenters. The molecule has 1 fully saturated rings. The molecule has 1 aliphatic carbocycles. The zero-order valence-electron chi connectivity index (χ0n) is 15.7. The van der Waals surface area contributed by atoms with Gasteiger partial charge in [0.25, 0.3) is 5.91 Å². The molecule has 4 rings (SSSR count). The van der Waals surface area contributed by atoms with Crippen LogP contribution in [0.15, 0.2) is 42.6 Å². The van der Waals surface area contributed by atoms with Crippen molar-refractivity contribution in [1.82, 2.24) is 9.88 Å². The lowest BCUT2D eigenvalue weighted by atomic mass is 9.84. The van der Waals surface area contributed by atoms with Gasteiger partial charge >= 0.3 is 0 Å². The number of nitrogens with zero attached hydrogens (tertiary/aromatic N) is 2. The number of benzene rings is 1. The molecule has 1 unspecified atom stereocenters. The van der Waals surface area contributed by atoms with Crippen LogP contribution in [0.4, 0.5) is 10.2 Å². The summed E-state index contributed by atoms with van der Waals surface area (Å²) in [6.07, 6.45) is 7.87. The Bertz CT molecular complexity index is 865. The van der Waals surface area contributed by atoms with Gasteiger partial charge < -0.3 is 10.2 Å². The number of carbonyl (C=O) groups excluding carboxylic acids is 2. The number of hydrogen-bond donors (Lipinski definition) is 1. The number of halogens is 1. The van der Waals surface area contributed by atoms with Gasteiger partial charge in [-0.15, -0.1) is 0 Å². The molecule has 0 saturated heterocycles. The van der Waals surface area contributed by atoms with Gasteiger partial charge in [-0.3, -0.25) is 9.59 Å². The van der Waals surface area contributed by atoms with E-state index in [0.717, 1.165) is 25.7 Å². The van der Waals surface area contributed by atoms with Gasteiger partial charge in [-0.05, 0) is 36.6 Å². The van der Waals surface area contributed by atoms with Crippen LogP contribution < -0.4 is 5.32 Å². The number of anilines is 1. The molecule has 1 aromatic carbocycles. The van der Waals surface area contributed by atoms with Crippen molar-refractivity contribution in [2.45, 2.75) is 51.1 Å². The maximum absolute atomic E-state index is 14.2. The zero-order valence-corrected chi connectivity index (χ0v) is 15.7. The first kappa shape index (κ1) is 18.6. The molecule has 0 radical (unpaired) electrons. The zero-order chi connectivity index (χ0) is 19.5. The van der Waals surface area contributed by atoms with Crippen LogP contribution in [0.1, 0.15) is 54.4 Å². The highest BCUT2D eigenvalue weighted by Crippen LogP contribution is 2.33. The minimum absolute atomic E-state index is 0.133. The average Bonchev–Trinajstić information content (AvgIpc) is 3.05. The molecule has 2 heterocycles. The molecule has 6 heteroatoms. The fourth-order valence-corrected chi connectivity index (χ4v) is 4.33. The molecule has 2 aromatic rings. The van der Waals surface area contributed by atoms with Gasteiger partial charge in [0, 0.05) is 17.3 Å². The lowest BCUT2D eigenvalue weighted by Gasteiger charge is -2.31. The molecule has 0 spiro atoms. The van der Waals surface area contributed by atoms with E-state index < -0.39 is 11.9 Å². The third kappa shape index (κ3) is 3.77. The monoisotopic (exact) mass is 381 g/mol. The van der Waals surface area contributed by atoms with Crippen LogP contribution in [0.2, 0.25) is 0 Å². The lowest BCUT2D eigenvalue weighted by Crippen LogP contribution is -2.45. The number of aromatic nitrogens is 1. The second kappa shape index (κ2) is 8.09. The van der Waals surface area contributed by atoms with Crippen LogP contribution in [0, 0.1) is 11.7 Å². The first-order valence-electron chi connectivity index (χ1n) is 9.93. The van der Waals surface area contributed by atoms with Crippen molar-refractivity contribution in [3.8, 4) is 0 Å². The number of carbonyl (C=O) groups is 2. The predicted molar refractivity (Wildman–Crippen MR) is 104 cm³/mol. The van der Waals surface area contributed by atoms with Gasteiger partial charge in [0.15, 0.2) is 0 Å². The van der Waals surface area contributed by atoms with Crippen LogP contribution >= 0.6 is 0 Å².